The average molecular weight is 411 g/mol. The van der Waals surface area contributed by atoms with Crippen LogP contribution in [0.2, 0.25) is 0 Å². The van der Waals surface area contributed by atoms with Crippen LogP contribution in [0.15, 0.2) is 24.5 Å². The molecule has 1 aliphatic heterocycles. The molecule has 0 radical (unpaired) electrons. The minimum atomic E-state index is 0.148. The molecule has 1 fully saturated rings. The number of aromatic nitrogens is 3. The molecule has 0 saturated carbocycles. The summed E-state index contributed by atoms with van der Waals surface area (Å²) in [6.07, 6.45) is 9.56. The quantitative estimate of drug-likeness (QED) is 0.656. The molecule has 2 unspecified atom stereocenters. The monoisotopic (exact) mass is 410 g/mol. The van der Waals surface area contributed by atoms with E-state index < -0.39 is 0 Å². The van der Waals surface area contributed by atoms with Gasteiger partial charge >= 0.3 is 0 Å². The zero-order valence-electron chi connectivity index (χ0n) is 16.7. The van der Waals surface area contributed by atoms with Crippen molar-refractivity contribution in [2.45, 2.75) is 51.2 Å². The van der Waals surface area contributed by atoms with Gasteiger partial charge in [-0.1, -0.05) is 0 Å². The highest BCUT2D eigenvalue weighted by molar-refractivity contribution is 7.19. The van der Waals surface area contributed by atoms with Gasteiger partial charge in [0.1, 0.15) is 10.6 Å². The number of nitrogens with one attached hydrogen (secondary N) is 1. The lowest BCUT2D eigenvalue weighted by Crippen LogP contribution is -2.26. The van der Waals surface area contributed by atoms with E-state index >= 15 is 0 Å². The SMILES string of the molecule is CC(COC1CCOC1)Nc1nc(-c2cccnc2)nc2sc3c(c12)CCCC3. The summed E-state index contributed by atoms with van der Waals surface area (Å²) in [5, 5.41) is 4.83. The summed E-state index contributed by atoms with van der Waals surface area (Å²) < 4.78 is 11.4. The minimum absolute atomic E-state index is 0.148. The van der Waals surface area contributed by atoms with Crippen molar-refractivity contribution in [1.29, 1.82) is 0 Å². The molecule has 4 heterocycles. The standard InChI is InChI=1S/C22H26N4O2S/c1-14(12-28-16-8-10-27-13-16)24-21-19-17-6-2-3-7-18(17)29-22(19)26-20(25-21)15-5-4-9-23-11-15/h4-5,9,11,14,16H,2-3,6-8,10,12-13H2,1H3,(H,24,25,26). The van der Waals surface area contributed by atoms with Gasteiger partial charge in [0.2, 0.25) is 0 Å². The maximum atomic E-state index is 6.02. The van der Waals surface area contributed by atoms with Crippen molar-refractivity contribution in [2.75, 3.05) is 25.1 Å². The van der Waals surface area contributed by atoms with E-state index in [1.165, 1.54) is 28.7 Å². The smallest absolute Gasteiger partial charge is 0.164 e. The topological polar surface area (TPSA) is 69.2 Å². The van der Waals surface area contributed by atoms with E-state index in [9.17, 15) is 0 Å². The van der Waals surface area contributed by atoms with Crippen molar-refractivity contribution >= 4 is 27.4 Å². The molecule has 1 saturated heterocycles. The van der Waals surface area contributed by atoms with Crippen LogP contribution in [0.25, 0.3) is 21.6 Å². The maximum absolute atomic E-state index is 6.02. The molecule has 0 aromatic carbocycles. The van der Waals surface area contributed by atoms with Gasteiger partial charge in [0.05, 0.1) is 24.7 Å². The minimum Gasteiger partial charge on any atom is -0.379 e. The molecular weight excluding hydrogens is 384 g/mol. The lowest BCUT2D eigenvalue weighted by atomic mass is 9.97. The zero-order chi connectivity index (χ0) is 19.6. The predicted octanol–water partition coefficient (Wildman–Crippen LogP) is 4.24. The second-order valence-electron chi connectivity index (χ2n) is 7.89. The van der Waals surface area contributed by atoms with Gasteiger partial charge in [-0.05, 0) is 56.7 Å². The molecular formula is C22H26N4O2S. The fourth-order valence-corrected chi connectivity index (χ4v) is 5.35. The molecule has 2 aliphatic rings. The normalized spacial score (nSPS) is 20.0. The van der Waals surface area contributed by atoms with Gasteiger partial charge in [0.15, 0.2) is 5.82 Å². The van der Waals surface area contributed by atoms with Gasteiger partial charge < -0.3 is 14.8 Å². The Morgan fingerprint density at radius 3 is 3.07 bits per heavy atom. The summed E-state index contributed by atoms with van der Waals surface area (Å²) in [4.78, 5) is 16.6. The van der Waals surface area contributed by atoms with Crippen LogP contribution in [0, 0.1) is 0 Å². The predicted molar refractivity (Wildman–Crippen MR) is 116 cm³/mol. The van der Waals surface area contributed by atoms with Crippen molar-refractivity contribution in [3.05, 3.63) is 35.0 Å². The molecule has 0 spiro atoms. The number of nitrogens with zero attached hydrogens (tertiary/aromatic N) is 3. The lowest BCUT2D eigenvalue weighted by Gasteiger charge is -2.19. The summed E-state index contributed by atoms with van der Waals surface area (Å²) >= 11 is 1.82. The largest absolute Gasteiger partial charge is 0.379 e. The van der Waals surface area contributed by atoms with E-state index in [0.717, 1.165) is 47.9 Å². The van der Waals surface area contributed by atoms with Crippen LogP contribution >= 0.6 is 11.3 Å². The van der Waals surface area contributed by atoms with E-state index in [0.29, 0.717) is 13.2 Å². The van der Waals surface area contributed by atoms with E-state index in [4.69, 9.17) is 19.4 Å². The molecule has 0 amide bonds. The van der Waals surface area contributed by atoms with Crippen LogP contribution in [-0.4, -0.2) is 46.9 Å². The second kappa shape index (κ2) is 8.34. The average Bonchev–Trinajstić information content (AvgIpc) is 3.40. The van der Waals surface area contributed by atoms with Gasteiger partial charge in [-0.15, -0.1) is 11.3 Å². The third kappa shape index (κ3) is 3.99. The highest BCUT2D eigenvalue weighted by Crippen LogP contribution is 2.39. The van der Waals surface area contributed by atoms with Crippen molar-refractivity contribution < 1.29 is 9.47 Å². The molecule has 3 aromatic rings. The molecule has 1 N–H and O–H groups in total. The number of hydrogen-bond acceptors (Lipinski definition) is 7. The first-order valence-electron chi connectivity index (χ1n) is 10.5. The number of hydrogen-bond donors (Lipinski definition) is 1. The van der Waals surface area contributed by atoms with Crippen molar-refractivity contribution in [1.82, 2.24) is 15.0 Å². The van der Waals surface area contributed by atoms with Gasteiger partial charge in [0, 0.05) is 35.5 Å². The fourth-order valence-electron chi connectivity index (χ4n) is 4.09. The van der Waals surface area contributed by atoms with Crippen LogP contribution in [0.5, 0.6) is 0 Å². The number of aryl methyl sites for hydroxylation is 2. The highest BCUT2D eigenvalue weighted by atomic mass is 32.1. The van der Waals surface area contributed by atoms with Crippen LogP contribution in [-0.2, 0) is 22.3 Å². The Balaban J connectivity index is 1.48. The first kappa shape index (κ1) is 18.9. The molecule has 2 atom stereocenters. The van der Waals surface area contributed by atoms with Crippen LogP contribution in [0.1, 0.15) is 36.6 Å². The number of anilines is 1. The Labute approximate surface area is 174 Å². The lowest BCUT2D eigenvalue weighted by molar-refractivity contribution is 0.0395. The molecule has 3 aromatic heterocycles. The maximum Gasteiger partial charge on any atom is 0.164 e. The summed E-state index contributed by atoms with van der Waals surface area (Å²) in [5.74, 6) is 1.65. The van der Waals surface area contributed by atoms with Gasteiger partial charge in [-0.3, -0.25) is 4.98 Å². The van der Waals surface area contributed by atoms with Gasteiger partial charge in [-0.25, -0.2) is 9.97 Å². The summed E-state index contributed by atoms with van der Waals surface area (Å²) in [6, 6.07) is 4.09. The highest BCUT2D eigenvalue weighted by Gasteiger charge is 2.23. The molecule has 29 heavy (non-hydrogen) atoms. The number of ether oxygens (including phenoxy) is 2. The first-order valence-corrected chi connectivity index (χ1v) is 11.3. The van der Waals surface area contributed by atoms with E-state index in [1.54, 1.807) is 6.20 Å². The van der Waals surface area contributed by atoms with Crippen molar-refractivity contribution in [3.8, 4) is 11.4 Å². The van der Waals surface area contributed by atoms with E-state index in [-0.39, 0.29) is 12.1 Å². The van der Waals surface area contributed by atoms with Gasteiger partial charge in [0.25, 0.3) is 0 Å². The Kier molecular flexibility index (Phi) is 5.44. The zero-order valence-corrected chi connectivity index (χ0v) is 17.5. The molecule has 152 valence electrons. The second-order valence-corrected chi connectivity index (χ2v) is 8.98. The Hall–Kier alpha value is -2.09. The fraction of sp³-hybridized carbons (Fsp3) is 0.500. The van der Waals surface area contributed by atoms with Crippen molar-refractivity contribution in [3.63, 3.8) is 0 Å². The summed E-state index contributed by atoms with van der Waals surface area (Å²) in [7, 11) is 0. The number of rotatable bonds is 6. The molecule has 7 heteroatoms. The van der Waals surface area contributed by atoms with Crippen molar-refractivity contribution in [2.24, 2.45) is 0 Å². The molecule has 1 aliphatic carbocycles. The molecule has 6 nitrogen and oxygen atoms in total. The molecule has 0 bridgehead atoms. The van der Waals surface area contributed by atoms with Gasteiger partial charge in [-0.2, -0.15) is 0 Å². The number of pyridine rings is 1. The van der Waals surface area contributed by atoms with E-state index in [2.05, 4.69) is 17.2 Å². The third-order valence-electron chi connectivity index (χ3n) is 5.59. The number of fused-ring (bicyclic) bond motifs is 3. The van der Waals surface area contributed by atoms with Crippen LogP contribution < -0.4 is 5.32 Å². The first-order chi connectivity index (χ1) is 14.3. The summed E-state index contributed by atoms with van der Waals surface area (Å²) in [6.45, 7) is 4.28. The Morgan fingerprint density at radius 1 is 1.31 bits per heavy atom. The van der Waals surface area contributed by atoms with E-state index in [1.807, 2.05) is 29.7 Å². The third-order valence-corrected chi connectivity index (χ3v) is 6.77. The van der Waals surface area contributed by atoms with Crippen LogP contribution in [0.4, 0.5) is 5.82 Å². The van der Waals surface area contributed by atoms with Crippen LogP contribution in [0.3, 0.4) is 0 Å². The molecule has 5 rings (SSSR count). The Morgan fingerprint density at radius 2 is 2.24 bits per heavy atom. The Bertz CT molecular complexity index is 985. The number of thiophene rings is 1. The summed E-state index contributed by atoms with van der Waals surface area (Å²) in [5.41, 5.74) is 2.38.